The van der Waals surface area contributed by atoms with Gasteiger partial charge in [-0.15, -0.1) is 0 Å². The summed E-state index contributed by atoms with van der Waals surface area (Å²) in [5.41, 5.74) is 2.04. The fourth-order valence-electron chi connectivity index (χ4n) is 3.00. The first-order valence-electron chi connectivity index (χ1n) is 7.80. The molecule has 1 aromatic carbocycles. The van der Waals surface area contributed by atoms with Gasteiger partial charge in [0.15, 0.2) is 18.2 Å². The van der Waals surface area contributed by atoms with Crippen molar-refractivity contribution >= 4 is 5.97 Å². The molecule has 0 aromatic heterocycles. The number of allylic oxidation sites excluding steroid dienone is 1. The lowest BCUT2D eigenvalue weighted by molar-refractivity contribution is -0.384. The van der Waals surface area contributed by atoms with Gasteiger partial charge in [-0.2, -0.15) is 4.89 Å². The maximum Gasteiger partial charge on any atom is 0.342 e. The molecule has 0 amide bonds. The predicted molar refractivity (Wildman–Crippen MR) is 83.9 cm³/mol. The van der Waals surface area contributed by atoms with Crippen molar-refractivity contribution in [3.05, 3.63) is 34.1 Å². The smallest absolute Gasteiger partial charge is 0.342 e. The van der Waals surface area contributed by atoms with E-state index in [-0.39, 0.29) is 30.8 Å². The number of rotatable bonds is 6. The van der Waals surface area contributed by atoms with Gasteiger partial charge < -0.3 is 29.3 Å². The minimum Gasteiger partial charge on any atom is -0.507 e. The standard InChI is InChI=1S/C17H20O8/c1-8-10-7-23-17(20)14(10)15(19)9(16(8)22-3)4-5-11-12(25-24-11)6-13(18)21-2/h5,12-13,18-19H,4,6-7H2,1-3H3/b11-5-. The van der Waals surface area contributed by atoms with Crippen molar-refractivity contribution in [2.24, 2.45) is 0 Å². The van der Waals surface area contributed by atoms with Crippen molar-refractivity contribution in [3.8, 4) is 11.5 Å². The summed E-state index contributed by atoms with van der Waals surface area (Å²) in [6, 6.07) is 0. The number of esters is 1. The third kappa shape index (κ3) is 3.04. The molecule has 8 nitrogen and oxygen atoms in total. The number of carbonyl (C=O) groups is 1. The first kappa shape index (κ1) is 17.5. The van der Waals surface area contributed by atoms with Crippen LogP contribution in [0.25, 0.3) is 0 Å². The van der Waals surface area contributed by atoms with Crippen LogP contribution in [0.1, 0.15) is 33.5 Å². The zero-order valence-corrected chi connectivity index (χ0v) is 14.2. The molecule has 0 saturated carbocycles. The van der Waals surface area contributed by atoms with E-state index in [0.29, 0.717) is 22.6 Å². The summed E-state index contributed by atoms with van der Waals surface area (Å²) in [5, 5.41) is 20.0. The van der Waals surface area contributed by atoms with Gasteiger partial charge in [0.25, 0.3) is 0 Å². The Morgan fingerprint density at radius 1 is 1.40 bits per heavy atom. The highest BCUT2D eigenvalue weighted by Gasteiger charge is 2.34. The Morgan fingerprint density at radius 3 is 2.76 bits per heavy atom. The van der Waals surface area contributed by atoms with E-state index in [4.69, 9.17) is 24.0 Å². The van der Waals surface area contributed by atoms with Crippen LogP contribution in [0.4, 0.5) is 0 Å². The van der Waals surface area contributed by atoms with Crippen LogP contribution in [0.3, 0.4) is 0 Å². The molecule has 2 unspecified atom stereocenters. The van der Waals surface area contributed by atoms with Crippen LogP contribution in [0, 0.1) is 6.92 Å². The summed E-state index contributed by atoms with van der Waals surface area (Å²) in [7, 11) is 2.89. The van der Waals surface area contributed by atoms with E-state index in [9.17, 15) is 15.0 Å². The summed E-state index contributed by atoms with van der Waals surface area (Å²) in [5.74, 6) is 0.320. The molecule has 1 aromatic rings. The number of fused-ring (bicyclic) bond motifs is 1. The predicted octanol–water partition coefficient (Wildman–Crippen LogP) is 1.49. The Bertz CT molecular complexity index is 724. The molecule has 3 rings (SSSR count). The summed E-state index contributed by atoms with van der Waals surface area (Å²) in [6.07, 6.45) is 0.802. The average Bonchev–Trinajstić information content (AvgIpc) is 2.98. The fourth-order valence-corrected chi connectivity index (χ4v) is 3.00. The SMILES string of the molecule is COc1c(C)c2c(c(O)c1C/C=C1\OOC1CC(O)OC)C(=O)OC2. The van der Waals surface area contributed by atoms with E-state index >= 15 is 0 Å². The van der Waals surface area contributed by atoms with Crippen LogP contribution >= 0.6 is 0 Å². The second-order valence-corrected chi connectivity index (χ2v) is 5.82. The summed E-state index contributed by atoms with van der Waals surface area (Å²) < 4.78 is 15.2. The maximum atomic E-state index is 11.9. The zero-order valence-electron chi connectivity index (χ0n) is 14.2. The maximum absolute atomic E-state index is 11.9. The Hall–Kier alpha value is -2.29. The Balaban J connectivity index is 1.88. The molecule has 2 atom stereocenters. The van der Waals surface area contributed by atoms with Crippen molar-refractivity contribution in [2.45, 2.75) is 38.8 Å². The number of ether oxygens (including phenoxy) is 3. The first-order valence-corrected chi connectivity index (χ1v) is 7.80. The second kappa shape index (κ2) is 6.91. The summed E-state index contributed by atoms with van der Waals surface area (Å²) in [4.78, 5) is 21.8. The van der Waals surface area contributed by atoms with Crippen molar-refractivity contribution in [2.75, 3.05) is 14.2 Å². The number of hydrogen-bond acceptors (Lipinski definition) is 8. The van der Waals surface area contributed by atoms with Crippen molar-refractivity contribution in [1.29, 1.82) is 0 Å². The molecule has 1 fully saturated rings. The van der Waals surface area contributed by atoms with Gasteiger partial charge in [-0.3, -0.25) is 0 Å². The minimum absolute atomic E-state index is 0.124. The van der Waals surface area contributed by atoms with Crippen LogP contribution in [0.5, 0.6) is 11.5 Å². The number of hydrogen-bond donors (Lipinski definition) is 2. The zero-order chi connectivity index (χ0) is 18.1. The van der Waals surface area contributed by atoms with Crippen molar-refractivity contribution < 1.29 is 39.0 Å². The molecular weight excluding hydrogens is 332 g/mol. The third-order valence-electron chi connectivity index (χ3n) is 4.42. The molecule has 2 aliphatic rings. The third-order valence-corrected chi connectivity index (χ3v) is 4.42. The highest BCUT2D eigenvalue weighted by molar-refractivity contribution is 5.98. The van der Waals surface area contributed by atoms with Crippen LogP contribution in [-0.2, 0) is 32.3 Å². The van der Waals surface area contributed by atoms with E-state index in [0.717, 1.165) is 5.56 Å². The van der Waals surface area contributed by atoms with Gasteiger partial charge in [0, 0.05) is 31.1 Å². The van der Waals surface area contributed by atoms with Gasteiger partial charge >= 0.3 is 5.97 Å². The van der Waals surface area contributed by atoms with Crippen LogP contribution in [0.15, 0.2) is 11.8 Å². The Labute approximate surface area is 144 Å². The second-order valence-electron chi connectivity index (χ2n) is 5.82. The molecule has 2 heterocycles. The first-order chi connectivity index (χ1) is 12.0. The van der Waals surface area contributed by atoms with Crippen molar-refractivity contribution in [3.63, 3.8) is 0 Å². The van der Waals surface area contributed by atoms with E-state index in [1.807, 2.05) is 6.92 Å². The van der Waals surface area contributed by atoms with E-state index in [1.54, 1.807) is 6.08 Å². The normalized spacial score (nSPS) is 21.4. The number of carbonyl (C=O) groups excluding carboxylic acids is 1. The minimum atomic E-state index is -0.961. The average molecular weight is 352 g/mol. The number of cyclic esters (lactones) is 1. The Kier molecular flexibility index (Phi) is 4.85. The van der Waals surface area contributed by atoms with Gasteiger partial charge in [0.1, 0.15) is 23.7 Å². The number of methoxy groups -OCH3 is 2. The van der Waals surface area contributed by atoms with E-state index < -0.39 is 18.4 Å². The van der Waals surface area contributed by atoms with Crippen LogP contribution in [-0.4, -0.2) is 42.8 Å². The van der Waals surface area contributed by atoms with Gasteiger partial charge in [0.2, 0.25) is 0 Å². The molecule has 1 saturated heterocycles. The Morgan fingerprint density at radius 2 is 2.16 bits per heavy atom. The number of phenolic OH excluding ortho intramolecular Hbond substituents is 1. The largest absolute Gasteiger partial charge is 0.507 e. The van der Waals surface area contributed by atoms with Gasteiger partial charge in [-0.05, 0) is 18.6 Å². The molecular formula is C17H20O8. The van der Waals surface area contributed by atoms with E-state index in [1.165, 1.54) is 14.2 Å². The molecule has 25 heavy (non-hydrogen) atoms. The lowest BCUT2D eigenvalue weighted by Gasteiger charge is -2.29. The summed E-state index contributed by atoms with van der Waals surface area (Å²) >= 11 is 0. The molecule has 0 radical (unpaired) electrons. The van der Waals surface area contributed by atoms with Crippen LogP contribution < -0.4 is 4.74 Å². The highest BCUT2D eigenvalue weighted by atomic mass is 17.2. The highest BCUT2D eigenvalue weighted by Crippen LogP contribution is 2.42. The summed E-state index contributed by atoms with van der Waals surface area (Å²) in [6.45, 7) is 1.94. The number of benzene rings is 1. The number of aliphatic hydroxyl groups excluding tert-OH is 1. The van der Waals surface area contributed by atoms with Crippen LogP contribution in [0.2, 0.25) is 0 Å². The van der Waals surface area contributed by atoms with Gasteiger partial charge in [-0.1, -0.05) is 0 Å². The quantitative estimate of drug-likeness (QED) is 0.451. The lowest BCUT2D eigenvalue weighted by Crippen LogP contribution is -2.33. The van der Waals surface area contributed by atoms with E-state index in [2.05, 4.69) is 0 Å². The number of aliphatic hydroxyl groups is 1. The molecule has 0 aliphatic carbocycles. The fraction of sp³-hybridized carbons (Fsp3) is 0.471. The molecule has 2 N–H and O–H groups in total. The molecule has 8 heteroatoms. The van der Waals surface area contributed by atoms with Gasteiger partial charge in [-0.25, -0.2) is 4.79 Å². The molecule has 2 aliphatic heterocycles. The number of aromatic hydroxyl groups is 1. The van der Waals surface area contributed by atoms with Crippen molar-refractivity contribution in [1.82, 2.24) is 0 Å². The molecule has 0 bridgehead atoms. The monoisotopic (exact) mass is 352 g/mol. The molecule has 136 valence electrons. The topological polar surface area (TPSA) is 104 Å². The lowest BCUT2D eigenvalue weighted by atomic mass is 9.95. The van der Waals surface area contributed by atoms with Gasteiger partial charge in [0.05, 0.1) is 7.11 Å². The molecule has 0 spiro atoms. The number of phenols is 1.